The van der Waals surface area contributed by atoms with Gasteiger partial charge in [-0.3, -0.25) is 9.69 Å². The van der Waals surface area contributed by atoms with E-state index in [1.165, 1.54) is 6.07 Å². The fourth-order valence-electron chi connectivity index (χ4n) is 5.42. The zero-order valence-electron chi connectivity index (χ0n) is 23.6. The van der Waals surface area contributed by atoms with Crippen LogP contribution in [0.4, 0.5) is 28.9 Å². The molecule has 3 aliphatic heterocycles. The molecule has 0 bridgehead atoms. The average Bonchev–Trinajstić information content (AvgIpc) is 3.18. The monoisotopic (exact) mass is 585 g/mol. The standard InChI is InChI=1S/C31H35F4N5O2/c1-21-16-26(31(33,34)35)25(19-36-21)30(41)37-28-18-23(5-7-29(28)40-9-3-8-38(2)10-11-40)24-17-22(4-6-27(24)32)20-39-12-14-42-15-13-39/h4-7,16-19,36H,1,3,8-15,20H2,2H3,(H,37,41). The Morgan fingerprint density at radius 1 is 1.05 bits per heavy atom. The van der Waals surface area contributed by atoms with Crippen molar-refractivity contribution in [2.24, 2.45) is 0 Å². The van der Waals surface area contributed by atoms with E-state index in [-0.39, 0.29) is 5.70 Å². The molecule has 2 fully saturated rings. The van der Waals surface area contributed by atoms with Gasteiger partial charge in [-0.2, -0.15) is 13.2 Å². The first-order valence-electron chi connectivity index (χ1n) is 14.0. The van der Waals surface area contributed by atoms with Gasteiger partial charge in [-0.1, -0.05) is 18.7 Å². The van der Waals surface area contributed by atoms with E-state index < -0.39 is 29.0 Å². The summed E-state index contributed by atoms with van der Waals surface area (Å²) in [6.45, 7) is 10.1. The highest BCUT2D eigenvalue weighted by molar-refractivity contribution is 6.09. The van der Waals surface area contributed by atoms with Gasteiger partial charge in [0.05, 0.1) is 35.7 Å². The number of carbonyl (C=O) groups excluding carboxylic acids is 1. The van der Waals surface area contributed by atoms with Gasteiger partial charge in [0.25, 0.3) is 5.91 Å². The summed E-state index contributed by atoms with van der Waals surface area (Å²) in [4.78, 5) is 19.9. The molecule has 3 heterocycles. The smallest absolute Gasteiger partial charge is 0.379 e. The zero-order chi connectivity index (χ0) is 29.9. The Hall–Kier alpha value is -3.67. The van der Waals surface area contributed by atoms with Crippen molar-refractivity contribution in [3.8, 4) is 11.1 Å². The van der Waals surface area contributed by atoms with Crippen LogP contribution in [0, 0.1) is 5.82 Å². The molecule has 0 aliphatic carbocycles. The minimum absolute atomic E-state index is 0.0303. The van der Waals surface area contributed by atoms with E-state index in [1.54, 1.807) is 30.3 Å². The summed E-state index contributed by atoms with van der Waals surface area (Å²) in [5, 5.41) is 5.32. The van der Waals surface area contributed by atoms with Gasteiger partial charge in [-0.25, -0.2) is 4.39 Å². The van der Waals surface area contributed by atoms with Gasteiger partial charge < -0.3 is 25.2 Å². The van der Waals surface area contributed by atoms with Gasteiger partial charge in [-0.15, -0.1) is 0 Å². The number of halogens is 4. The second-order valence-electron chi connectivity index (χ2n) is 10.8. The van der Waals surface area contributed by atoms with Crippen molar-refractivity contribution in [1.82, 2.24) is 15.1 Å². The van der Waals surface area contributed by atoms with Gasteiger partial charge in [-0.05, 0) is 61.5 Å². The second kappa shape index (κ2) is 12.7. The predicted octanol–water partition coefficient (Wildman–Crippen LogP) is 4.89. The van der Waals surface area contributed by atoms with Gasteiger partial charge in [0.1, 0.15) is 5.82 Å². The highest BCUT2D eigenvalue weighted by Crippen LogP contribution is 2.37. The van der Waals surface area contributed by atoms with E-state index in [1.807, 2.05) is 7.05 Å². The fourth-order valence-corrected chi connectivity index (χ4v) is 5.42. The predicted molar refractivity (Wildman–Crippen MR) is 155 cm³/mol. The van der Waals surface area contributed by atoms with Gasteiger partial charge in [0, 0.05) is 56.7 Å². The maximum atomic E-state index is 15.2. The molecule has 0 atom stereocenters. The number of rotatable bonds is 6. The van der Waals surface area contributed by atoms with Crippen LogP contribution < -0.4 is 15.5 Å². The topological polar surface area (TPSA) is 60.1 Å². The number of morpholine rings is 1. The van der Waals surface area contributed by atoms with Crippen LogP contribution in [0.5, 0.6) is 0 Å². The van der Waals surface area contributed by atoms with Gasteiger partial charge in [0.2, 0.25) is 0 Å². The van der Waals surface area contributed by atoms with Crippen LogP contribution in [-0.2, 0) is 16.1 Å². The number of ether oxygens (including phenoxy) is 1. The number of hydrogen-bond donors (Lipinski definition) is 2. The van der Waals surface area contributed by atoms with Crippen LogP contribution in [0.25, 0.3) is 11.1 Å². The van der Waals surface area contributed by atoms with E-state index in [0.717, 1.165) is 50.4 Å². The van der Waals surface area contributed by atoms with Crippen LogP contribution in [0.3, 0.4) is 0 Å². The van der Waals surface area contributed by atoms with E-state index in [2.05, 4.69) is 31.9 Å². The molecule has 0 aromatic heterocycles. The molecule has 0 saturated carbocycles. The Kier molecular flexibility index (Phi) is 9.00. The Bertz CT molecular complexity index is 1400. The first kappa shape index (κ1) is 29.8. The number of allylic oxidation sites excluding steroid dienone is 1. The van der Waals surface area contributed by atoms with Crippen molar-refractivity contribution in [2.45, 2.75) is 19.1 Å². The number of benzene rings is 2. The van der Waals surface area contributed by atoms with E-state index in [4.69, 9.17) is 4.74 Å². The molecule has 11 heteroatoms. The number of carbonyl (C=O) groups is 1. The Morgan fingerprint density at radius 3 is 2.60 bits per heavy atom. The van der Waals surface area contributed by atoms with E-state index in [0.29, 0.717) is 55.3 Å². The highest BCUT2D eigenvalue weighted by atomic mass is 19.4. The van der Waals surface area contributed by atoms with Crippen LogP contribution in [0.1, 0.15) is 12.0 Å². The molecule has 7 nitrogen and oxygen atoms in total. The summed E-state index contributed by atoms with van der Waals surface area (Å²) < 4.78 is 62.1. The molecule has 1 amide bonds. The molecule has 2 saturated heterocycles. The quantitative estimate of drug-likeness (QED) is 0.471. The Labute approximate surface area is 243 Å². The molecule has 2 N–H and O–H groups in total. The van der Waals surface area contributed by atoms with E-state index in [9.17, 15) is 18.0 Å². The summed E-state index contributed by atoms with van der Waals surface area (Å²) in [5.41, 5.74) is 1.16. The number of amides is 1. The maximum Gasteiger partial charge on any atom is 0.417 e. The number of dihydropyridines is 1. The van der Waals surface area contributed by atoms with E-state index >= 15 is 4.39 Å². The fraction of sp³-hybridized carbons (Fsp3) is 0.387. The molecule has 2 aromatic rings. The minimum Gasteiger partial charge on any atom is -0.379 e. The van der Waals surface area contributed by atoms with Gasteiger partial charge in [0.15, 0.2) is 0 Å². The lowest BCUT2D eigenvalue weighted by molar-refractivity contribution is -0.115. The molecule has 224 valence electrons. The van der Waals surface area contributed by atoms with Gasteiger partial charge >= 0.3 is 6.18 Å². The molecule has 2 aromatic carbocycles. The number of likely N-dealkylation sites (N-methyl/N-ethyl adjacent to an activating group) is 1. The lowest BCUT2D eigenvalue weighted by Gasteiger charge is -2.27. The Morgan fingerprint density at radius 2 is 1.83 bits per heavy atom. The van der Waals surface area contributed by atoms with Crippen LogP contribution in [0.2, 0.25) is 0 Å². The third kappa shape index (κ3) is 7.03. The number of nitrogens with one attached hydrogen (secondary N) is 2. The molecule has 0 spiro atoms. The number of nitrogens with zero attached hydrogens (tertiary/aromatic N) is 3. The Balaban J connectivity index is 1.49. The molecule has 5 rings (SSSR count). The summed E-state index contributed by atoms with van der Waals surface area (Å²) >= 11 is 0. The average molecular weight is 586 g/mol. The van der Waals surface area contributed by atoms with Crippen molar-refractivity contribution in [2.75, 3.05) is 69.7 Å². The largest absolute Gasteiger partial charge is 0.417 e. The molecular formula is C31H35F4N5O2. The molecule has 3 aliphatic rings. The van der Waals surface area contributed by atoms with Crippen molar-refractivity contribution < 1.29 is 27.1 Å². The molecule has 42 heavy (non-hydrogen) atoms. The van der Waals surface area contributed by atoms with Crippen LogP contribution >= 0.6 is 0 Å². The molecule has 0 unspecified atom stereocenters. The zero-order valence-corrected chi connectivity index (χ0v) is 23.6. The number of anilines is 2. The summed E-state index contributed by atoms with van der Waals surface area (Å²) in [7, 11) is 2.03. The number of alkyl halides is 3. The van der Waals surface area contributed by atoms with Crippen molar-refractivity contribution >= 4 is 17.3 Å². The van der Waals surface area contributed by atoms with Crippen molar-refractivity contribution in [3.05, 3.63) is 83.5 Å². The van der Waals surface area contributed by atoms with Crippen LogP contribution in [-0.4, -0.2) is 81.4 Å². The minimum atomic E-state index is -4.75. The lowest BCUT2D eigenvalue weighted by Crippen LogP contribution is -2.35. The highest BCUT2D eigenvalue weighted by Gasteiger charge is 2.39. The normalized spacial score (nSPS) is 19.1. The molecule has 0 radical (unpaired) electrons. The third-order valence-corrected chi connectivity index (χ3v) is 7.72. The lowest BCUT2D eigenvalue weighted by atomic mass is 9.99. The summed E-state index contributed by atoms with van der Waals surface area (Å²) in [6.07, 6.45) is -2.05. The summed E-state index contributed by atoms with van der Waals surface area (Å²) in [5.74, 6) is -1.35. The maximum absolute atomic E-state index is 15.2. The second-order valence-corrected chi connectivity index (χ2v) is 10.8. The first-order valence-corrected chi connectivity index (χ1v) is 14.0. The van der Waals surface area contributed by atoms with Crippen molar-refractivity contribution in [3.63, 3.8) is 0 Å². The summed E-state index contributed by atoms with van der Waals surface area (Å²) in [6, 6.07) is 10.2. The first-order chi connectivity index (χ1) is 20.1. The molecular weight excluding hydrogens is 550 g/mol. The third-order valence-electron chi connectivity index (χ3n) is 7.72. The SMILES string of the molecule is C=C1C=C(C(F)(F)F)C(C(=O)Nc2cc(-c3cc(CN4CCOCC4)ccc3F)ccc2N2CCCN(C)CC2)=CN1. The number of hydrogen-bond acceptors (Lipinski definition) is 6. The van der Waals surface area contributed by atoms with Crippen LogP contribution in [0.15, 0.2) is 72.1 Å². The van der Waals surface area contributed by atoms with Crippen molar-refractivity contribution in [1.29, 1.82) is 0 Å².